The van der Waals surface area contributed by atoms with E-state index >= 15 is 0 Å². The van der Waals surface area contributed by atoms with E-state index in [1.54, 1.807) is 0 Å². The lowest BCUT2D eigenvalue weighted by atomic mass is 9.95. The molecule has 5 nitrogen and oxygen atoms in total. The zero-order chi connectivity index (χ0) is 18.5. The number of hydrogen-bond donors (Lipinski definition) is 2. The zero-order valence-electron chi connectivity index (χ0n) is 14.8. The number of carbonyl (C=O) groups excluding carboxylic acids is 1. The van der Waals surface area contributed by atoms with E-state index < -0.39 is 11.5 Å². The molecule has 5 heteroatoms. The van der Waals surface area contributed by atoms with Crippen molar-refractivity contribution in [3.05, 3.63) is 76.6 Å². The monoisotopic (exact) mass is 347 g/mol. The van der Waals surface area contributed by atoms with Gasteiger partial charge in [0.2, 0.25) is 0 Å². The van der Waals surface area contributed by atoms with Gasteiger partial charge in [-0.15, -0.1) is 0 Å². The van der Waals surface area contributed by atoms with E-state index in [1.807, 2.05) is 74.5 Å². The van der Waals surface area contributed by atoms with Crippen LogP contribution in [0.5, 0.6) is 0 Å². The van der Waals surface area contributed by atoms with Crippen LogP contribution >= 0.6 is 0 Å². The lowest BCUT2D eigenvalue weighted by Gasteiger charge is -2.14. The van der Waals surface area contributed by atoms with E-state index in [1.165, 1.54) is 0 Å². The predicted octanol–water partition coefficient (Wildman–Crippen LogP) is 3.49. The molecule has 0 spiro atoms. The number of amides is 1. The number of nitrogens with one attached hydrogen (secondary N) is 2. The van der Waals surface area contributed by atoms with Gasteiger partial charge in [-0.3, -0.25) is 9.59 Å². The van der Waals surface area contributed by atoms with Crippen LogP contribution in [0.2, 0.25) is 0 Å². The van der Waals surface area contributed by atoms with Crippen molar-refractivity contribution in [2.45, 2.75) is 13.8 Å². The standard InChI is InChI=1S/C21H21N3O2/c1-14(2)13-22-20(25)18-17(15-9-5-3-6-10-15)19(23-24-21(18)26)16-11-7-4-8-12-16/h3-12,14H,13H2,1-2H3,(H,22,25)(H,24,26). The van der Waals surface area contributed by atoms with E-state index in [-0.39, 0.29) is 11.5 Å². The molecule has 132 valence electrons. The second kappa shape index (κ2) is 7.78. The third-order valence-corrected chi connectivity index (χ3v) is 3.99. The Morgan fingerprint density at radius 1 is 1.00 bits per heavy atom. The largest absolute Gasteiger partial charge is 0.352 e. The average Bonchev–Trinajstić information content (AvgIpc) is 2.67. The van der Waals surface area contributed by atoms with Crippen LogP contribution in [0.25, 0.3) is 22.4 Å². The van der Waals surface area contributed by atoms with Crippen LogP contribution in [0.1, 0.15) is 24.2 Å². The van der Waals surface area contributed by atoms with Gasteiger partial charge >= 0.3 is 0 Å². The minimum absolute atomic E-state index is 0.0886. The summed E-state index contributed by atoms with van der Waals surface area (Å²) in [5.41, 5.74) is 2.32. The van der Waals surface area contributed by atoms with Gasteiger partial charge < -0.3 is 5.32 Å². The molecule has 0 atom stereocenters. The Balaban J connectivity index is 2.23. The highest BCUT2D eigenvalue weighted by atomic mass is 16.2. The van der Waals surface area contributed by atoms with E-state index in [9.17, 15) is 9.59 Å². The van der Waals surface area contributed by atoms with Gasteiger partial charge in [0.05, 0.1) is 5.69 Å². The molecule has 1 aromatic heterocycles. The number of benzene rings is 2. The van der Waals surface area contributed by atoms with Crippen molar-refractivity contribution in [3.63, 3.8) is 0 Å². The van der Waals surface area contributed by atoms with Gasteiger partial charge in [-0.1, -0.05) is 74.5 Å². The number of nitrogens with zero attached hydrogens (tertiary/aromatic N) is 1. The molecule has 1 amide bonds. The molecule has 0 saturated heterocycles. The number of hydrogen-bond acceptors (Lipinski definition) is 3. The van der Waals surface area contributed by atoms with Crippen LogP contribution in [0.3, 0.4) is 0 Å². The highest BCUT2D eigenvalue weighted by Gasteiger charge is 2.22. The molecule has 0 aliphatic heterocycles. The van der Waals surface area contributed by atoms with Crippen LogP contribution < -0.4 is 10.9 Å². The maximum absolute atomic E-state index is 12.8. The summed E-state index contributed by atoms with van der Waals surface area (Å²) in [7, 11) is 0. The van der Waals surface area contributed by atoms with Crippen LogP contribution in [-0.4, -0.2) is 22.6 Å². The first-order valence-electron chi connectivity index (χ1n) is 8.59. The van der Waals surface area contributed by atoms with Crippen molar-refractivity contribution >= 4 is 5.91 Å². The first kappa shape index (κ1) is 17.6. The fraction of sp³-hybridized carbons (Fsp3) is 0.190. The predicted molar refractivity (Wildman–Crippen MR) is 103 cm³/mol. The summed E-state index contributed by atoms with van der Waals surface area (Å²) < 4.78 is 0. The van der Waals surface area contributed by atoms with E-state index in [2.05, 4.69) is 15.5 Å². The molecule has 0 unspecified atom stereocenters. The van der Waals surface area contributed by atoms with E-state index in [4.69, 9.17) is 0 Å². The molecule has 26 heavy (non-hydrogen) atoms. The van der Waals surface area contributed by atoms with Gasteiger partial charge in [-0.25, -0.2) is 5.10 Å². The van der Waals surface area contributed by atoms with Gasteiger partial charge in [-0.2, -0.15) is 5.10 Å². The third-order valence-electron chi connectivity index (χ3n) is 3.99. The summed E-state index contributed by atoms with van der Waals surface area (Å²) in [5.74, 6) is -0.105. The summed E-state index contributed by atoms with van der Waals surface area (Å²) in [6.07, 6.45) is 0. The van der Waals surface area contributed by atoms with Crippen LogP contribution in [0, 0.1) is 5.92 Å². The minimum atomic E-state index is -0.496. The quantitative estimate of drug-likeness (QED) is 0.742. The van der Waals surface area contributed by atoms with Crippen LogP contribution in [0.15, 0.2) is 65.5 Å². The zero-order valence-corrected chi connectivity index (χ0v) is 14.8. The topological polar surface area (TPSA) is 74.8 Å². The number of aromatic nitrogens is 2. The van der Waals surface area contributed by atoms with Gasteiger partial charge in [-0.05, 0) is 11.5 Å². The SMILES string of the molecule is CC(C)CNC(=O)c1c(-c2ccccc2)c(-c2ccccc2)n[nH]c1=O. The van der Waals surface area contributed by atoms with Crippen molar-refractivity contribution in [2.24, 2.45) is 5.92 Å². The highest BCUT2D eigenvalue weighted by molar-refractivity contribution is 6.03. The first-order valence-corrected chi connectivity index (χ1v) is 8.59. The van der Waals surface area contributed by atoms with Crippen molar-refractivity contribution < 1.29 is 4.79 Å². The van der Waals surface area contributed by atoms with Gasteiger partial charge in [0.25, 0.3) is 11.5 Å². The van der Waals surface area contributed by atoms with Crippen molar-refractivity contribution in [1.82, 2.24) is 15.5 Å². The van der Waals surface area contributed by atoms with E-state index in [0.29, 0.717) is 17.8 Å². The molecule has 2 N–H and O–H groups in total. The van der Waals surface area contributed by atoms with Crippen molar-refractivity contribution in [3.8, 4) is 22.4 Å². The second-order valence-corrected chi connectivity index (χ2v) is 6.49. The van der Waals surface area contributed by atoms with Gasteiger partial charge in [0.1, 0.15) is 5.56 Å². The first-order chi connectivity index (χ1) is 12.6. The Kier molecular flexibility index (Phi) is 5.27. The van der Waals surface area contributed by atoms with E-state index in [0.717, 1.165) is 11.1 Å². The number of rotatable bonds is 5. The molecule has 3 aromatic rings. The molecule has 2 aromatic carbocycles. The molecule has 0 bridgehead atoms. The molecule has 0 radical (unpaired) electrons. The Morgan fingerprint density at radius 3 is 2.15 bits per heavy atom. The molecular formula is C21H21N3O2. The average molecular weight is 347 g/mol. The molecule has 3 rings (SSSR count). The number of aromatic amines is 1. The molecule has 1 heterocycles. The molecule has 0 aliphatic carbocycles. The van der Waals surface area contributed by atoms with Crippen molar-refractivity contribution in [2.75, 3.05) is 6.54 Å². The molecular weight excluding hydrogens is 326 g/mol. The molecule has 0 fully saturated rings. The Labute approximate surface area is 152 Å². The summed E-state index contributed by atoms with van der Waals surface area (Å²) in [6, 6.07) is 18.9. The summed E-state index contributed by atoms with van der Waals surface area (Å²) >= 11 is 0. The van der Waals surface area contributed by atoms with Crippen LogP contribution in [-0.2, 0) is 0 Å². The second-order valence-electron chi connectivity index (χ2n) is 6.49. The fourth-order valence-electron chi connectivity index (χ4n) is 2.74. The van der Waals surface area contributed by atoms with Crippen LogP contribution in [0.4, 0.5) is 0 Å². The molecule has 0 aliphatic rings. The Bertz CT molecular complexity index is 948. The third kappa shape index (κ3) is 3.72. The Hall–Kier alpha value is -3.21. The van der Waals surface area contributed by atoms with Gasteiger partial charge in [0, 0.05) is 17.7 Å². The summed E-state index contributed by atoms with van der Waals surface area (Å²) in [5, 5.41) is 9.57. The fourth-order valence-corrected chi connectivity index (χ4v) is 2.74. The summed E-state index contributed by atoms with van der Waals surface area (Å²) in [4.78, 5) is 25.3. The maximum Gasteiger partial charge on any atom is 0.277 e. The van der Waals surface area contributed by atoms with Gasteiger partial charge in [0.15, 0.2) is 0 Å². The maximum atomic E-state index is 12.8. The lowest BCUT2D eigenvalue weighted by molar-refractivity contribution is 0.0948. The lowest BCUT2D eigenvalue weighted by Crippen LogP contribution is -2.33. The normalized spacial score (nSPS) is 10.7. The summed E-state index contributed by atoms with van der Waals surface area (Å²) in [6.45, 7) is 4.50. The minimum Gasteiger partial charge on any atom is -0.352 e. The highest BCUT2D eigenvalue weighted by Crippen LogP contribution is 2.31. The van der Waals surface area contributed by atoms with Crippen molar-refractivity contribution in [1.29, 1.82) is 0 Å². The molecule has 0 saturated carbocycles. The number of carbonyl (C=O) groups is 1. The Morgan fingerprint density at radius 2 is 1.58 bits per heavy atom. The smallest absolute Gasteiger partial charge is 0.277 e. The number of H-pyrrole nitrogens is 1.